The van der Waals surface area contributed by atoms with Crippen LogP contribution in [0.2, 0.25) is 0 Å². The summed E-state index contributed by atoms with van der Waals surface area (Å²) < 4.78 is 33.1. The SMILES string of the molecule is Cc1nnc(CN2CCN(S(=O)(=O)c3ccc(Br)s3)CC2)o1. The monoisotopic (exact) mass is 406 g/mol. The quantitative estimate of drug-likeness (QED) is 0.768. The van der Waals surface area contributed by atoms with Gasteiger partial charge in [-0.05, 0) is 28.1 Å². The number of rotatable bonds is 4. The summed E-state index contributed by atoms with van der Waals surface area (Å²) in [4.78, 5) is 2.11. The molecule has 0 unspecified atom stereocenters. The van der Waals surface area contributed by atoms with Crippen LogP contribution >= 0.6 is 27.3 Å². The van der Waals surface area contributed by atoms with Crippen LogP contribution in [-0.4, -0.2) is 54.0 Å². The molecule has 0 aliphatic carbocycles. The lowest BCUT2D eigenvalue weighted by atomic mass is 10.3. The largest absolute Gasteiger partial charge is 0.424 e. The van der Waals surface area contributed by atoms with E-state index < -0.39 is 10.0 Å². The van der Waals surface area contributed by atoms with E-state index in [1.807, 2.05) is 0 Å². The van der Waals surface area contributed by atoms with Crippen LogP contribution in [0.25, 0.3) is 0 Å². The van der Waals surface area contributed by atoms with Crippen molar-refractivity contribution in [2.45, 2.75) is 17.7 Å². The Morgan fingerprint density at radius 2 is 2.00 bits per heavy atom. The minimum absolute atomic E-state index is 0.375. The molecule has 0 aromatic carbocycles. The van der Waals surface area contributed by atoms with E-state index >= 15 is 0 Å². The molecule has 2 aromatic rings. The summed E-state index contributed by atoms with van der Waals surface area (Å²) in [5.41, 5.74) is 0. The van der Waals surface area contributed by atoms with Crippen LogP contribution in [0.1, 0.15) is 11.8 Å². The van der Waals surface area contributed by atoms with Gasteiger partial charge in [0.15, 0.2) is 0 Å². The molecule has 120 valence electrons. The highest BCUT2D eigenvalue weighted by atomic mass is 79.9. The minimum atomic E-state index is -3.39. The maximum Gasteiger partial charge on any atom is 0.252 e. The van der Waals surface area contributed by atoms with Gasteiger partial charge in [0.1, 0.15) is 4.21 Å². The maximum atomic E-state index is 12.5. The molecule has 2 aromatic heterocycles. The van der Waals surface area contributed by atoms with Crippen LogP contribution in [0.3, 0.4) is 0 Å². The van der Waals surface area contributed by atoms with Crippen molar-refractivity contribution < 1.29 is 12.8 Å². The van der Waals surface area contributed by atoms with Crippen molar-refractivity contribution in [3.05, 3.63) is 27.7 Å². The summed E-state index contributed by atoms with van der Waals surface area (Å²) in [7, 11) is -3.39. The van der Waals surface area contributed by atoms with Crippen LogP contribution in [0.15, 0.2) is 24.5 Å². The second-order valence-corrected chi connectivity index (χ2v) is 9.58. The molecule has 7 nitrogen and oxygen atoms in total. The third kappa shape index (κ3) is 3.40. The van der Waals surface area contributed by atoms with Crippen molar-refractivity contribution >= 4 is 37.3 Å². The fraction of sp³-hybridized carbons (Fsp3) is 0.500. The summed E-state index contributed by atoms with van der Waals surface area (Å²) >= 11 is 4.54. The van der Waals surface area contributed by atoms with E-state index in [4.69, 9.17) is 4.42 Å². The first-order valence-corrected chi connectivity index (χ1v) is 9.77. The van der Waals surface area contributed by atoms with E-state index in [2.05, 4.69) is 31.0 Å². The van der Waals surface area contributed by atoms with E-state index in [0.29, 0.717) is 48.7 Å². The summed E-state index contributed by atoms with van der Waals surface area (Å²) in [5, 5.41) is 7.76. The first-order valence-electron chi connectivity index (χ1n) is 6.72. The van der Waals surface area contributed by atoms with Gasteiger partial charge >= 0.3 is 0 Å². The van der Waals surface area contributed by atoms with Gasteiger partial charge in [-0.15, -0.1) is 21.5 Å². The average Bonchev–Trinajstić information content (AvgIpc) is 3.09. The van der Waals surface area contributed by atoms with Gasteiger partial charge in [0.2, 0.25) is 11.8 Å². The first-order chi connectivity index (χ1) is 10.4. The Balaban J connectivity index is 1.61. The Morgan fingerprint density at radius 3 is 2.55 bits per heavy atom. The molecule has 0 bridgehead atoms. The molecule has 1 saturated heterocycles. The third-order valence-electron chi connectivity index (χ3n) is 3.40. The number of nitrogens with zero attached hydrogens (tertiary/aromatic N) is 4. The molecule has 3 heterocycles. The summed E-state index contributed by atoms with van der Waals surface area (Å²) in [6, 6.07) is 3.39. The Hall–Kier alpha value is -0.810. The van der Waals surface area contributed by atoms with Crippen molar-refractivity contribution in [2.24, 2.45) is 0 Å². The van der Waals surface area contributed by atoms with Gasteiger partial charge in [0.25, 0.3) is 10.0 Å². The number of hydrogen-bond donors (Lipinski definition) is 0. The summed E-state index contributed by atoms with van der Waals surface area (Å²) in [6.07, 6.45) is 0. The van der Waals surface area contributed by atoms with Crippen LogP contribution in [0, 0.1) is 6.92 Å². The normalized spacial score (nSPS) is 17.9. The Morgan fingerprint density at radius 1 is 1.27 bits per heavy atom. The zero-order valence-electron chi connectivity index (χ0n) is 11.9. The Bertz CT molecular complexity index is 750. The lowest BCUT2D eigenvalue weighted by Crippen LogP contribution is -2.48. The molecule has 0 saturated carbocycles. The number of thiophene rings is 1. The number of halogens is 1. The molecule has 0 amide bonds. The molecule has 22 heavy (non-hydrogen) atoms. The van der Waals surface area contributed by atoms with Gasteiger partial charge in [-0.1, -0.05) is 0 Å². The van der Waals surface area contributed by atoms with Crippen LogP contribution in [-0.2, 0) is 16.6 Å². The lowest BCUT2D eigenvalue weighted by molar-refractivity contribution is 0.168. The molecule has 0 N–H and O–H groups in total. The molecule has 0 atom stereocenters. The highest BCUT2D eigenvalue weighted by molar-refractivity contribution is 9.11. The predicted octanol–water partition coefficient (Wildman–Crippen LogP) is 1.71. The fourth-order valence-corrected chi connectivity index (χ4v) is 5.87. The lowest BCUT2D eigenvalue weighted by Gasteiger charge is -2.32. The topological polar surface area (TPSA) is 79.5 Å². The minimum Gasteiger partial charge on any atom is -0.424 e. The van der Waals surface area contributed by atoms with Gasteiger partial charge in [-0.3, -0.25) is 4.90 Å². The number of piperazine rings is 1. The number of hydrogen-bond acceptors (Lipinski definition) is 7. The summed E-state index contributed by atoms with van der Waals surface area (Å²) in [5.74, 6) is 1.11. The van der Waals surface area contributed by atoms with Crippen LogP contribution < -0.4 is 0 Å². The zero-order chi connectivity index (χ0) is 15.7. The third-order valence-corrected chi connectivity index (χ3v) is 7.39. The van der Waals surface area contributed by atoms with Crippen molar-refractivity contribution in [1.29, 1.82) is 0 Å². The maximum absolute atomic E-state index is 12.5. The predicted molar refractivity (Wildman–Crippen MR) is 85.1 cm³/mol. The van der Waals surface area contributed by atoms with Crippen molar-refractivity contribution in [2.75, 3.05) is 26.2 Å². The van der Waals surface area contributed by atoms with Gasteiger partial charge in [-0.25, -0.2) is 8.42 Å². The highest BCUT2D eigenvalue weighted by Crippen LogP contribution is 2.29. The Kier molecular flexibility index (Phi) is 4.64. The van der Waals surface area contributed by atoms with Gasteiger partial charge < -0.3 is 4.42 Å². The first kappa shape index (κ1) is 16.1. The highest BCUT2D eigenvalue weighted by Gasteiger charge is 2.30. The molecule has 1 aliphatic heterocycles. The summed E-state index contributed by atoms with van der Waals surface area (Å²) in [6.45, 7) is 4.52. The van der Waals surface area contributed by atoms with Gasteiger partial charge in [0, 0.05) is 33.1 Å². The second kappa shape index (κ2) is 6.36. The van der Waals surface area contributed by atoms with E-state index in [-0.39, 0.29) is 0 Å². The number of sulfonamides is 1. The van der Waals surface area contributed by atoms with E-state index in [0.717, 1.165) is 3.79 Å². The molecule has 1 aliphatic rings. The zero-order valence-corrected chi connectivity index (χ0v) is 15.1. The molecule has 0 spiro atoms. The van der Waals surface area contributed by atoms with E-state index in [1.54, 1.807) is 19.1 Å². The standard InChI is InChI=1S/C12H15BrN4O3S2/c1-9-14-15-11(20-9)8-16-4-6-17(7-5-16)22(18,19)12-3-2-10(13)21-12/h2-3H,4-8H2,1H3. The number of aryl methyl sites for hydroxylation is 1. The van der Waals surface area contributed by atoms with Crippen molar-refractivity contribution in [3.63, 3.8) is 0 Å². The van der Waals surface area contributed by atoms with E-state index in [1.165, 1.54) is 15.6 Å². The molecule has 3 rings (SSSR count). The smallest absolute Gasteiger partial charge is 0.252 e. The number of aromatic nitrogens is 2. The average molecular weight is 407 g/mol. The van der Waals surface area contributed by atoms with Crippen LogP contribution in [0.5, 0.6) is 0 Å². The van der Waals surface area contributed by atoms with Crippen LogP contribution in [0.4, 0.5) is 0 Å². The van der Waals surface area contributed by atoms with Gasteiger partial charge in [0.05, 0.1) is 10.3 Å². The molecular weight excluding hydrogens is 392 g/mol. The molecule has 10 heteroatoms. The second-order valence-electron chi connectivity index (χ2n) is 4.95. The molecule has 0 radical (unpaired) electrons. The molecule has 1 fully saturated rings. The fourth-order valence-electron chi connectivity index (χ4n) is 2.28. The van der Waals surface area contributed by atoms with E-state index in [9.17, 15) is 8.42 Å². The Labute approximate surface area is 141 Å². The van der Waals surface area contributed by atoms with Gasteiger partial charge in [-0.2, -0.15) is 4.31 Å². The van der Waals surface area contributed by atoms with Crippen molar-refractivity contribution in [1.82, 2.24) is 19.4 Å². The molecular formula is C12H15BrN4O3S2. The van der Waals surface area contributed by atoms with Crippen molar-refractivity contribution in [3.8, 4) is 0 Å².